The van der Waals surface area contributed by atoms with Gasteiger partial charge in [-0.05, 0) is 11.1 Å². The number of guanidine groups is 1. The van der Waals surface area contributed by atoms with Gasteiger partial charge in [0.05, 0.1) is 13.2 Å². The Morgan fingerprint density at radius 2 is 1.68 bits per heavy atom. The summed E-state index contributed by atoms with van der Waals surface area (Å²) in [6.07, 6.45) is 0. The van der Waals surface area contributed by atoms with E-state index >= 15 is 0 Å². The Labute approximate surface area is 203 Å². The second-order valence-electron chi connectivity index (χ2n) is 7.86. The summed E-state index contributed by atoms with van der Waals surface area (Å²) in [7, 11) is 1.81. The van der Waals surface area contributed by atoms with Gasteiger partial charge in [-0.3, -0.25) is 19.6 Å². The molecule has 8 nitrogen and oxygen atoms in total. The SMILES string of the molecule is CN=C(NCCN1CCN(C(C)=O)CC1)NCc1ccccc1CN1CCOCC1.I. The number of piperazine rings is 1. The van der Waals surface area contributed by atoms with E-state index in [1.807, 2.05) is 4.90 Å². The Morgan fingerprint density at radius 3 is 2.32 bits per heavy atom. The fourth-order valence-electron chi connectivity index (χ4n) is 3.90. The van der Waals surface area contributed by atoms with Crippen LogP contribution in [0.25, 0.3) is 0 Å². The zero-order valence-corrected chi connectivity index (χ0v) is 21.1. The van der Waals surface area contributed by atoms with Crippen LogP contribution in [0.15, 0.2) is 29.3 Å². The van der Waals surface area contributed by atoms with E-state index in [1.165, 1.54) is 11.1 Å². The number of halogens is 1. The molecule has 2 fully saturated rings. The second kappa shape index (κ2) is 13.9. The lowest BCUT2D eigenvalue weighted by Crippen LogP contribution is -2.50. The quantitative estimate of drug-likeness (QED) is 0.303. The van der Waals surface area contributed by atoms with Gasteiger partial charge in [0.2, 0.25) is 5.91 Å². The Morgan fingerprint density at radius 1 is 1.00 bits per heavy atom. The second-order valence-corrected chi connectivity index (χ2v) is 7.86. The Hall–Kier alpha value is -1.43. The third kappa shape index (κ3) is 8.55. The summed E-state index contributed by atoms with van der Waals surface area (Å²) < 4.78 is 5.46. The minimum atomic E-state index is 0. The molecule has 0 aliphatic carbocycles. The lowest BCUT2D eigenvalue weighted by atomic mass is 10.1. The number of morpholine rings is 1. The van der Waals surface area contributed by atoms with Crippen LogP contribution in [0.2, 0.25) is 0 Å². The third-order valence-corrected chi connectivity index (χ3v) is 5.82. The van der Waals surface area contributed by atoms with Crippen molar-refractivity contribution in [2.24, 2.45) is 4.99 Å². The molecule has 1 aromatic rings. The van der Waals surface area contributed by atoms with Gasteiger partial charge in [0.15, 0.2) is 5.96 Å². The summed E-state index contributed by atoms with van der Waals surface area (Å²) in [5, 5.41) is 6.86. The summed E-state index contributed by atoms with van der Waals surface area (Å²) in [5.41, 5.74) is 2.65. The zero-order valence-electron chi connectivity index (χ0n) is 18.8. The number of nitrogens with zero attached hydrogens (tertiary/aromatic N) is 4. The number of ether oxygens (including phenoxy) is 1. The molecule has 0 aromatic heterocycles. The maximum atomic E-state index is 11.4. The number of amides is 1. The molecule has 174 valence electrons. The first-order chi connectivity index (χ1) is 14.7. The molecule has 2 saturated heterocycles. The molecular weight excluding hydrogens is 507 g/mol. The van der Waals surface area contributed by atoms with Crippen molar-refractivity contribution in [3.05, 3.63) is 35.4 Å². The normalized spacial score (nSPS) is 18.4. The highest BCUT2D eigenvalue weighted by Crippen LogP contribution is 2.13. The molecule has 2 N–H and O–H groups in total. The topological polar surface area (TPSA) is 72.4 Å². The molecule has 1 aromatic carbocycles. The zero-order chi connectivity index (χ0) is 21.2. The molecule has 2 aliphatic rings. The van der Waals surface area contributed by atoms with Gasteiger partial charge in [0.1, 0.15) is 0 Å². The van der Waals surface area contributed by atoms with Crippen molar-refractivity contribution in [3.63, 3.8) is 0 Å². The van der Waals surface area contributed by atoms with Crippen molar-refractivity contribution < 1.29 is 9.53 Å². The van der Waals surface area contributed by atoms with E-state index in [9.17, 15) is 4.79 Å². The van der Waals surface area contributed by atoms with E-state index < -0.39 is 0 Å². The predicted octanol–water partition coefficient (Wildman–Crippen LogP) is 0.966. The largest absolute Gasteiger partial charge is 0.379 e. The van der Waals surface area contributed by atoms with Crippen LogP contribution in [0, 0.1) is 0 Å². The summed E-state index contributed by atoms with van der Waals surface area (Å²) in [6.45, 7) is 12.3. The van der Waals surface area contributed by atoms with Crippen LogP contribution in [0.4, 0.5) is 0 Å². The Kier molecular flexibility index (Phi) is 11.6. The average molecular weight is 544 g/mol. The van der Waals surface area contributed by atoms with Crippen LogP contribution in [0.5, 0.6) is 0 Å². The van der Waals surface area contributed by atoms with Gasteiger partial charge in [0, 0.05) is 79.4 Å². The molecule has 0 spiro atoms. The van der Waals surface area contributed by atoms with E-state index in [-0.39, 0.29) is 29.9 Å². The highest BCUT2D eigenvalue weighted by atomic mass is 127. The minimum Gasteiger partial charge on any atom is -0.379 e. The summed E-state index contributed by atoms with van der Waals surface area (Å²) in [4.78, 5) is 22.5. The molecule has 0 unspecified atom stereocenters. The van der Waals surface area contributed by atoms with Gasteiger partial charge in [-0.25, -0.2) is 0 Å². The van der Waals surface area contributed by atoms with Gasteiger partial charge < -0.3 is 20.3 Å². The van der Waals surface area contributed by atoms with Gasteiger partial charge in [0.25, 0.3) is 0 Å². The van der Waals surface area contributed by atoms with E-state index in [0.717, 1.165) is 84.6 Å². The predicted molar refractivity (Wildman–Crippen MR) is 135 cm³/mol. The van der Waals surface area contributed by atoms with Gasteiger partial charge in [-0.2, -0.15) is 0 Å². The van der Waals surface area contributed by atoms with Crippen molar-refractivity contribution >= 4 is 35.8 Å². The van der Waals surface area contributed by atoms with Crippen molar-refractivity contribution in [1.82, 2.24) is 25.3 Å². The van der Waals surface area contributed by atoms with Crippen LogP contribution < -0.4 is 10.6 Å². The summed E-state index contributed by atoms with van der Waals surface area (Å²) in [5.74, 6) is 0.991. The third-order valence-electron chi connectivity index (χ3n) is 5.82. The number of rotatable bonds is 7. The van der Waals surface area contributed by atoms with E-state index in [4.69, 9.17) is 4.74 Å². The molecule has 2 heterocycles. The molecule has 0 atom stereocenters. The first-order valence-corrected chi connectivity index (χ1v) is 10.9. The number of hydrogen-bond acceptors (Lipinski definition) is 5. The molecule has 1 amide bonds. The number of hydrogen-bond donors (Lipinski definition) is 2. The van der Waals surface area contributed by atoms with Crippen LogP contribution in [-0.2, 0) is 22.6 Å². The Bertz CT molecular complexity index is 703. The number of carbonyl (C=O) groups excluding carboxylic acids is 1. The van der Waals surface area contributed by atoms with Crippen LogP contribution >= 0.6 is 24.0 Å². The average Bonchev–Trinajstić information content (AvgIpc) is 2.78. The van der Waals surface area contributed by atoms with Crippen molar-refractivity contribution in [1.29, 1.82) is 0 Å². The van der Waals surface area contributed by atoms with Crippen molar-refractivity contribution in [3.8, 4) is 0 Å². The number of nitrogens with one attached hydrogen (secondary N) is 2. The molecule has 0 bridgehead atoms. The van der Waals surface area contributed by atoms with Crippen LogP contribution in [-0.4, -0.2) is 99.2 Å². The van der Waals surface area contributed by atoms with E-state index in [0.29, 0.717) is 0 Å². The Balaban J connectivity index is 0.00000341. The standard InChI is InChI=1S/C22H36N6O2.HI/c1-19(29)28-11-9-26(10-12-28)8-7-24-22(23-2)25-17-20-5-3-4-6-21(20)18-27-13-15-30-16-14-27;/h3-6H,7-18H2,1-2H3,(H2,23,24,25);1H. The van der Waals surface area contributed by atoms with Crippen molar-refractivity contribution in [2.45, 2.75) is 20.0 Å². The van der Waals surface area contributed by atoms with Crippen LogP contribution in [0.1, 0.15) is 18.1 Å². The highest BCUT2D eigenvalue weighted by molar-refractivity contribution is 14.0. The summed E-state index contributed by atoms with van der Waals surface area (Å²) >= 11 is 0. The fraction of sp³-hybridized carbons (Fsp3) is 0.636. The van der Waals surface area contributed by atoms with E-state index in [1.54, 1.807) is 14.0 Å². The molecule has 0 saturated carbocycles. The van der Waals surface area contributed by atoms with Crippen molar-refractivity contribution in [2.75, 3.05) is 72.6 Å². The fourth-order valence-corrected chi connectivity index (χ4v) is 3.90. The smallest absolute Gasteiger partial charge is 0.219 e. The number of aliphatic imine (C=N–C) groups is 1. The molecule has 31 heavy (non-hydrogen) atoms. The van der Waals surface area contributed by atoms with Gasteiger partial charge in [-0.15, -0.1) is 24.0 Å². The lowest BCUT2D eigenvalue weighted by Gasteiger charge is -2.34. The lowest BCUT2D eigenvalue weighted by molar-refractivity contribution is -0.130. The first-order valence-electron chi connectivity index (χ1n) is 10.9. The molecule has 0 radical (unpaired) electrons. The number of carbonyl (C=O) groups is 1. The molecule has 9 heteroatoms. The minimum absolute atomic E-state index is 0. The van der Waals surface area contributed by atoms with Gasteiger partial charge >= 0.3 is 0 Å². The maximum Gasteiger partial charge on any atom is 0.219 e. The van der Waals surface area contributed by atoms with Gasteiger partial charge in [-0.1, -0.05) is 24.3 Å². The molecule has 2 aliphatic heterocycles. The molecular formula is C22H37IN6O2. The summed E-state index contributed by atoms with van der Waals surface area (Å²) in [6, 6.07) is 8.60. The molecule has 3 rings (SSSR count). The number of benzene rings is 1. The van der Waals surface area contributed by atoms with Crippen LogP contribution in [0.3, 0.4) is 0 Å². The maximum absolute atomic E-state index is 11.4. The first kappa shape index (κ1) is 25.8. The van der Waals surface area contributed by atoms with E-state index in [2.05, 4.69) is 49.7 Å². The monoisotopic (exact) mass is 544 g/mol. The highest BCUT2D eigenvalue weighted by Gasteiger charge is 2.18.